The van der Waals surface area contributed by atoms with Crippen molar-refractivity contribution in [3.63, 3.8) is 0 Å². The molecule has 1 aromatic carbocycles. The van der Waals surface area contributed by atoms with Crippen molar-refractivity contribution in [2.45, 2.75) is 13.5 Å². The molecule has 0 spiro atoms. The smallest absolute Gasteiger partial charge is 0.355 e. The van der Waals surface area contributed by atoms with Gasteiger partial charge in [0.2, 0.25) is 0 Å². The van der Waals surface area contributed by atoms with E-state index in [1.54, 1.807) is 17.7 Å². The molecule has 0 fully saturated rings. The maximum Gasteiger partial charge on any atom is 0.355 e. The highest BCUT2D eigenvalue weighted by atomic mass is 19.1. The summed E-state index contributed by atoms with van der Waals surface area (Å²) < 4.78 is 25.2. The van der Waals surface area contributed by atoms with Crippen LogP contribution in [0.3, 0.4) is 0 Å². The highest BCUT2D eigenvalue weighted by Crippen LogP contribution is 2.20. The highest BCUT2D eigenvalue weighted by Gasteiger charge is 2.14. The zero-order chi connectivity index (χ0) is 14.7. The van der Waals surface area contributed by atoms with Gasteiger partial charge in [0.25, 0.3) is 0 Å². The zero-order valence-electron chi connectivity index (χ0n) is 11.6. The van der Waals surface area contributed by atoms with E-state index >= 15 is 0 Å². The SMILES string of the molecule is COc1ccc(F)cc1COC(=O)c1ccc(C)n1C. The van der Waals surface area contributed by atoms with Crippen molar-refractivity contribution in [1.82, 2.24) is 4.57 Å². The van der Waals surface area contributed by atoms with Crippen LogP contribution in [0.5, 0.6) is 5.75 Å². The summed E-state index contributed by atoms with van der Waals surface area (Å²) in [6.07, 6.45) is 0. The van der Waals surface area contributed by atoms with Crippen molar-refractivity contribution >= 4 is 5.97 Å². The molecule has 0 radical (unpaired) electrons. The van der Waals surface area contributed by atoms with E-state index in [1.807, 2.05) is 13.0 Å². The lowest BCUT2D eigenvalue weighted by Gasteiger charge is -2.10. The van der Waals surface area contributed by atoms with E-state index in [0.717, 1.165) is 5.69 Å². The molecule has 0 amide bonds. The van der Waals surface area contributed by atoms with Crippen LogP contribution in [0.15, 0.2) is 30.3 Å². The quantitative estimate of drug-likeness (QED) is 0.807. The molecule has 0 saturated carbocycles. The second-order valence-electron chi connectivity index (χ2n) is 4.45. The number of aromatic nitrogens is 1. The monoisotopic (exact) mass is 277 g/mol. The lowest BCUT2D eigenvalue weighted by Crippen LogP contribution is -2.11. The van der Waals surface area contributed by atoms with Gasteiger partial charge in [-0.3, -0.25) is 0 Å². The van der Waals surface area contributed by atoms with Gasteiger partial charge in [0.05, 0.1) is 7.11 Å². The Labute approximate surface area is 116 Å². The third kappa shape index (κ3) is 2.82. The van der Waals surface area contributed by atoms with Crippen molar-refractivity contribution in [3.8, 4) is 5.75 Å². The largest absolute Gasteiger partial charge is 0.496 e. The van der Waals surface area contributed by atoms with E-state index in [2.05, 4.69) is 0 Å². The molecule has 1 aromatic heterocycles. The summed E-state index contributed by atoms with van der Waals surface area (Å²) in [5.74, 6) is -0.360. The topological polar surface area (TPSA) is 40.5 Å². The van der Waals surface area contributed by atoms with Gasteiger partial charge in [-0.25, -0.2) is 9.18 Å². The van der Waals surface area contributed by atoms with Crippen molar-refractivity contribution < 1.29 is 18.7 Å². The van der Waals surface area contributed by atoms with Crippen LogP contribution in [0.1, 0.15) is 21.7 Å². The number of aryl methyl sites for hydroxylation is 1. The average molecular weight is 277 g/mol. The van der Waals surface area contributed by atoms with Gasteiger partial charge >= 0.3 is 5.97 Å². The van der Waals surface area contributed by atoms with E-state index in [0.29, 0.717) is 17.0 Å². The lowest BCUT2D eigenvalue weighted by atomic mass is 10.2. The van der Waals surface area contributed by atoms with Crippen LogP contribution in [0.4, 0.5) is 4.39 Å². The van der Waals surface area contributed by atoms with Crippen LogP contribution in [0.2, 0.25) is 0 Å². The maximum absolute atomic E-state index is 13.2. The Hall–Kier alpha value is -2.30. The van der Waals surface area contributed by atoms with Crippen LogP contribution in [-0.2, 0) is 18.4 Å². The summed E-state index contributed by atoms with van der Waals surface area (Å²) in [4.78, 5) is 12.0. The van der Waals surface area contributed by atoms with Crippen molar-refractivity contribution in [3.05, 3.63) is 53.1 Å². The minimum Gasteiger partial charge on any atom is -0.496 e. The molecule has 2 aromatic rings. The maximum atomic E-state index is 13.2. The Kier molecular flexibility index (Phi) is 4.08. The Morgan fingerprint density at radius 2 is 2.05 bits per heavy atom. The molecule has 0 N–H and O–H groups in total. The van der Waals surface area contributed by atoms with Crippen LogP contribution in [0, 0.1) is 12.7 Å². The number of carbonyl (C=O) groups is 1. The first-order valence-electron chi connectivity index (χ1n) is 6.14. The molecule has 0 atom stereocenters. The molecule has 20 heavy (non-hydrogen) atoms. The molecule has 0 aliphatic heterocycles. The molecule has 106 valence electrons. The molecule has 0 aliphatic rings. The molecule has 2 rings (SSSR count). The first-order valence-corrected chi connectivity index (χ1v) is 6.14. The van der Waals surface area contributed by atoms with Gasteiger partial charge in [-0.1, -0.05) is 0 Å². The van der Waals surface area contributed by atoms with Gasteiger partial charge in [-0.05, 0) is 37.3 Å². The van der Waals surface area contributed by atoms with Gasteiger partial charge < -0.3 is 14.0 Å². The van der Waals surface area contributed by atoms with Gasteiger partial charge in [-0.15, -0.1) is 0 Å². The summed E-state index contributed by atoms with van der Waals surface area (Å²) in [6, 6.07) is 7.62. The normalized spacial score (nSPS) is 10.4. The van der Waals surface area contributed by atoms with E-state index in [4.69, 9.17) is 9.47 Å². The molecular weight excluding hydrogens is 261 g/mol. The number of esters is 1. The Morgan fingerprint density at radius 1 is 1.30 bits per heavy atom. The molecule has 0 bridgehead atoms. The predicted molar refractivity (Wildman–Crippen MR) is 72.2 cm³/mol. The number of benzene rings is 1. The number of methoxy groups -OCH3 is 1. The molecule has 0 aliphatic carbocycles. The van der Waals surface area contributed by atoms with E-state index in [-0.39, 0.29) is 6.61 Å². The average Bonchev–Trinajstić information content (AvgIpc) is 2.76. The summed E-state index contributed by atoms with van der Waals surface area (Å²) in [5, 5.41) is 0. The van der Waals surface area contributed by atoms with Gasteiger partial charge in [-0.2, -0.15) is 0 Å². The second-order valence-corrected chi connectivity index (χ2v) is 4.45. The predicted octanol–water partition coefficient (Wildman–Crippen LogP) is 2.84. The highest BCUT2D eigenvalue weighted by molar-refractivity contribution is 5.87. The fraction of sp³-hybridized carbons (Fsp3) is 0.267. The fourth-order valence-electron chi connectivity index (χ4n) is 1.90. The number of nitrogens with zero attached hydrogens (tertiary/aromatic N) is 1. The lowest BCUT2D eigenvalue weighted by molar-refractivity contribution is 0.0458. The summed E-state index contributed by atoms with van der Waals surface area (Å²) >= 11 is 0. The standard InChI is InChI=1S/C15H16FNO3/c1-10-4-6-13(17(10)2)15(18)20-9-11-8-12(16)5-7-14(11)19-3/h4-8H,9H2,1-3H3. The summed E-state index contributed by atoms with van der Waals surface area (Å²) in [6.45, 7) is 1.86. The minimum absolute atomic E-state index is 0.0377. The first kappa shape index (κ1) is 14.1. The van der Waals surface area contributed by atoms with Crippen LogP contribution < -0.4 is 4.74 Å². The number of halogens is 1. The van der Waals surface area contributed by atoms with Crippen molar-refractivity contribution in [2.24, 2.45) is 7.05 Å². The number of carbonyl (C=O) groups excluding carboxylic acids is 1. The van der Waals surface area contributed by atoms with Crippen molar-refractivity contribution in [1.29, 1.82) is 0 Å². The van der Waals surface area contributed by atoms with Crippen molar-refractivity contribution in [2.75, 3.05) is 7.11 Å². The third-order valence-corrected chi connectivity index (χ3v) is 3.18. The van der Waals surface area contributed by atoms with E-state index in [1.165, 1.54) is 25.3 Å². The Balaban J connectivity index is 2.11. The first-order chi connectivity index (χ1) is 9.52. The number of ether oxygens (including phenoxy) is 2. The summed E-state index contributed by atoms with van der Waals surface area (Å²) in [5.41, 5.74) is 1.91. The molecule has 1 heterocycles. The summed E-state index contributed by atoms with van der Waals surface area (Å²) in [7, 11) is 3.27. The second kappa shape index (κ2) is 5.77. The number of rotatable bonds is 4. The van der Waals surface area contributed by atoms with Gasteiger partial charge in [0.1, 0.15) is 23.9 Å². The minimum atomic E-state index is -0.452. The van der Waals surface area contributed by atoms with Crippen LogP contribution >= 0.6 is 0 Å². The fourth-order valence-corrected chi connectivity index (χ4v) is 1.90. The van der Waals surface area contributed by atoms with E-state index < -0.39 is 11.8 Å². The van der Waals surface area contributed by atoms with Gasteiger partial charge in [0.15, 0.2) is 0 Å². The third-order valence-electron chi connectivity index (χ3n) is 3.18. The Morgan fingerprint density at radius 3 is 2.65 bits per heavy atom. The zero-order valence-corrected chi connectivity index (χ0v) is 11.6. The van der Waals surface area contributed by atoms with E-state index in [9.17, 15) is 9.18 Å². The Bertz CT molecular complexity index is 634. The van der Waals surface area contributed by atoms with Crippen LogP contribution in [-0.4, -0.2) is 17.6 Å². The number of hydrogen-bond donors (Lipinski definition) is 0. The number of hydrogen-bond acceptors (Lipinski definition) is 3. The molecular formula is C15H16FNO3. The molecule has 4 nitrogen and oxygen atoms in total. The molecule has 5 heteroatoms. The van der Waals surface area contributed by atoms with Gasteiger partial charge in [0, 0.05) is 18.3 Å². The van der Waals surface area contributed by atoms with Crippen LogP contribution in [0.25, 0.3) is 0 Å². The molecule has 0 saturated heterocycles. The molecule has 0 unspecified atom stereocenters.